The van der Waals surface area contributed by atoms with Crippen LogP contribution in [0.5, 0.6) is 5.75 Å². The summed E-state index contributed by atoms with van der Waals surface area (Å²) in [5, 5.41) is 5.16. The molecule has 134 valence electrons. The van der Waals surface area contributed by atoms with Gasteiger partial charge in [0, 0.05) is 12.1 Å². The van der Waals surface area contributed by atoms with Crippen LogP contribution in [0.3, 0.4) is 0 Å². The lowest BCUT2D eigenvalue weighted by Gasteiger charge is -2.10. The van der Waals surface area contributed by atoms with Gasteiger partial charge in [-0.05, 0) is 37.1 Å². The molecule has 1 atom stereocenters. The Kier molecular flexibility index (Phi) is 4.89. The van der Waals surface area contributed by atoms with E-state index in [0.29, 0.717) is 10.9 Å². The van der Waals surface area contributed by atoms with Gasteiger partial charge in [0.05, 0.1) is 6.04 Å². The maximum atomic E-state index is 12.1. The van der Waals surface area contributed by atoms with E-state index >= 15 is 0 Å². The van der Waals surface area contributed by atoms with Crippen molar-refractivity contribution in [3.05, 3.63) is 24.3 Å². The number of rotatable bonds is 5. The van der Waals surface area contributed by atoms with Crippen molar-refractivity contribution in [1.82, 2.24) is 5.32 Å². The Hall–Kier alpha value is -2.23. The molecule has 1 saturated carbocycles. The quantitative estimate of drug-likeness (QED) is 0.832. The molecule has 0 aromatic heterocycles. The molecule has 1 saturated heterocycles. The first-order valence-electron chi connectivity index (χ1n) is 7.49. The third-order valence-corrected chi connectivity index (χ3v) is 4.46. The Morgan fingerprint density at radius 3 is 2.60 bits per heavy atom. The zero-order chi connectivity index (χ0) is 18.0. The highest BCUT2D eigenvalue weighted by molar-refractivity contribution is 8.15. The lowest BCUT2D eigenvalue weighted by Crippen LogP contribution is -2.28. The summed E-state index contributed by atoms with van der Waals surface area (Å²) in [4.78, 5) is 28.2. The number of nitrogens with one attached hydrogen (secondary N) is 2. The van der Waals surface area contributed by atoms with Crippen LogP contribution in [0.15, 0.2) is 29.3 Å². The fraction of sp³-hybridized carbons (Fsp3) is 0.400. The van der Waals surface area contributed by atoms with Gasteiger partial charge >= 0.3 is 6.36 Å². The normalized spacial score (nSPS) is 22.0. The molecule has 0 radical (unpaired) electrons. The van der Waals surface area contributed by atoms with E-state index in [1.807, 2.05) is 0 Å². The fourth-order valence-corrected chi connectivity index (χ4v) is 3.13. The van der Waals surface area contributed by atoms with Crippen LogP contribution in [0.25, 0.3) is 0 Å². The largest absolute Gasteiger partial charge is 0.573 e. The molecule has 6 nitrogen and oxygen atoms in total. The summed E-state index contributed by atoms with van der Waals surface area (Å²) in [5.74, 6) is -1.06. The molecule has 2 fully saturated rings. The monoisotopic (exact) mass is 373 g/mol. The molecule has 1 heterocycles. The number of nitrogens with zero attached hydrogens (tertiary/aromatic N) is 1. The van der Waals surface area contributed by atoms with Gasteiger partial charge in [0.15, 0.2) is 5.17 Å². The van der Waals surface area contributed by atoms with Crippen LogP contribution < -0.4 is 15.4 Å². The molecule has 2 aliphatic rings. The number of anilines is 1. The van der Waals surface area contributed by atoms with Crippen LogP contribution in [-0.4, -0.2) is 34.6 Å². The zero-order valence-electron chi connectivity index (χ0n) is 12.8. The predicted molar refractivity (Wildman–Crippen MR) is 86.4 cm³/mol. The van der Waals surface area contributed by atoms with Crippen LogP contribution in [0, 0.1) is 0 Å². The van der Waals surface area contributed by atoms with Gasteiger partial charge in [-0.3, -0.25) is 14.6 Å². The Morgan fingerprint density at radius 2 is 2.00 bits per heavy atom. The number of ether oxygens (including phenoxy) is 1. The second-order valence-corrected chi connectivity index (χ2v) is 6.78. The molecule has 25 heavy (non-hydrogen) atoms. The van der Waals surface area contributed by atoms with Crippen LogP contribution in [0.4, 0.5) is 18.9 Å². The number of halogens is 3. The standard InChI is InChI=1S/C15H14F3N3O3S/c16-15(17,18)24-10-5-3-8(4-6-10)19-12(22)7-11-13(23)21-14(25-11)20-9-1-2-9/h3-6,9,11H,1-2,7H2,(H,19,22)(H,20,21,23)/t11-/m1/s1. The first kappa shape index (κ1) is 17.6. The van der Waals surface area contributed by atoms with Crippen molar-refractivity contribution >= 4 is 34.4 Å². The van der Waals surface area contributed by atoms with Gasteiger partial charge in [0.25, 0.3) is 0 Å². The predicted octanol–water partition coefficient (Wildman–Crippen LogP) is 2.66. The molecule has 0 unspecified atom stereocenters. The lowest BCUT2D eigenvalue weighted by molar-refractivity contribution is -0.274. The van der Waals surface area contributed by atoms with E-state index in [0.717, 1.165) is 25.0 Å². The maximum Gasteiger partial charge on any atom is 0.573 e. The molecule has 0 spiro atoms. The summed E-state index contributed by atoms with van der Waals surface area (Å²) in [6, 6.07) is 5.05. The molecule has 3 rings (SSSR count). The van der Waals surface area contributed by atoms with E-state index in [-0.39, 0.29) is 24.1 Å². The Balaban J connectivity index is 1.51. The number of aliphatic imine (C=N–C) groups is 1. The molecule has 10 heteroatoms. The van der Waals surface area contributed by atoms with Crippen molar-refractivity contribution in [2.24, 2.45) is 4.99 Å². The first-order valence-corrected chi connectivity index (χ1v) is 8.37. The molecular formula is C15H14F3N3O3S. The van der Waals surface area contributed by atoms with Gasteiger partial charge in [-0.1, -0.05) is 11.8 Å². The van der Waals surface area contributed by atoms with Gasteiger partial charge in [0.1, 0.15) is 11.0 Å². The Bertz CT molecular complexity index is 702. The highest BCUT2D eigenvalue weighted by Crippen LogP contribution is 2.29. The van der Waals surface area contributed by atoms with Crippen LogP contribution in [0.2, 0.25) is 0 Å². The number of carbonyl (C=O) groups is 2. The molecule has 1 aromatic rings. The smallest absolute Gasteiger partial charge is 0.406 e. The molecular weight excluding hydrogens is 359 g/mol. The minimum absolute atomic E-state index is 0.0546. The van der Waals surface area contributed by atoms with E-state index in [1.165, 1.54) is 23.9 Å². The fourth-order valence-electron chi connectivity index (χ4n) is 2.09. The number of hydrogen-bond acceptors (Lipinski definition) is 5. The van der Waals surface area contributed by atoms with Crippen molar-refractivity contribution in [2.75, 3.05) is 5.32 Å². The minimum atomic E-state index is -4.77. The van der Waals surface area contributed by atoms with Crippen molar-refractivity contribution in [1.29, 1.82) is 0 Å². The third kappa shape index (κ3) is 5.38. The molecule has 2 N–H and O–H groups in total. The van der Waals surface area contributed by atoms with Crippen LogP contribution in [0.1, 0.15) is 19.3 Å². The highest BCUT2D eigenvalue weighted by Gasteiger charge is 2.34. The van der Waals surface area contributed by atoms with E-state index in [2.05, 4.69) is 20.4 Å². The van der Waals surface area contributed by atoms with E-state index in [4.69, 9.17) is 0 Å². The highest BCUT2D eigenvalue weighted by atomic mass is 32.2. The van der Waals surface area contributed by atoms with E-state index in [1.54, 1.807) is 0 Å². The summed E-state index contributed by atoms with van der Waals surface area (Å²) < 4.78 is 40.0. The summed E-state index contributed by atoms with van der Waals surface area (Å²) in [5.41, 5.74) is 0.315. The molecule has 1 aromatic carbocycles. The average Bonchev–Trinajstić information content (AvgIpc) is 3.24. The minimum Gasteiger partial charge on any atom is -0.406 e. The Morgan fingerprint density at radius 1 is 1.32 bits per heavy atom. The Labute approximate surface area is 145 Å². The number of benzene rings is 1. The van der Waals surface area contributed by atoms with Gasteiger partial charge in [-0.25, -0.2) is 0 Å². The van der Waals surface area contributed by atoms with Crippen LogP contribution in [-0.2, 0) is 9.59 Å². The number of alkyl halides is 3. The van der Waals surface area contributed by atoms with Crippen molar-refractivity contribution < 1.29 is 27.5 Å². The van der Waals surface area contributed by atoms with Crippen molar-refractivity contribution in [3.63, 3.8) is 0 Å². The zero-order valence-corrected chi connectivity index (χ0v) is 13.6. The third-order valence-electron chi connectivity index (χ3n) is 3.37. The number of thioether (sulfide) groups is 1. The lowest BCUT2D eigenvalue weighted by atomic mass is 10.2. The van der Waals surface area contributed by atoms with Gasteiger partial charge < -0.3 is 15.4 Å². The van der Waals surface area contributed by atoms with Gasteiger partial charge in [0.2, 0.25) is 11.8 Å². The average molecular weight is 373 g/mol. The number of amidine groups is 1. The summed E-state index contributed by atoms with van der Waals surface area (Å²) in [6.07, 6.45) is -2.79. The number of hydrogen-bond donors (Lipinski definition) is 2. The second-order valence-electron chi connectivity index (χ2n) is 5.59. The number of amides is 2. The molecule has 1 aliphatic heterocycles. The first-order chi connectivity index (χ1) is 11.8. The van der Waals surface area contributed by atoms with E-state index < -0.39 is 17.5 Å². The maximum absolute atomic E-state index is 12.1. The number of carbonyl (C=O) groups excluding carboxylic acids is 2. The summed E-state index contributed by atoms with van der Waals surface area (Å²) in [7, 11) is 0. The van der Waals surface area contributed by atoms with Gasteiger partial charge in [-0.15, -0.1) is 13.2 Å². The molecule has 0 bridgehead atoms. The molecule has 1 aliphatic carbocycles. The van der Waals surface area contributed by atoms with Crippen LogP contribution >= 0.6 is 11.8 Å². The van der Waals surface area contributed by atoms with Crippen molar-refractivity contribution in [3.8, 4) is 5.75 Å². The van der Waals surface area contributed by atoms with Gasteiger partial charge in [-0.2, -0.15) is 0 Å². The SMILES string of the molecule is O=C(C[C@H]1SC(=NC2CC2)NC1=O)Nc1ccc(OC(F)(F)F)cc1. The summed E-state index contributed by atoms with van der Waals surface area (Å²) in [6.45, 7) is 0. The second kappa shape index (κ2) is 6.95. The summed E-state index contributed by atoms with van der Waals surface area (Å²) >= 11 is 1.22. The van der Waals surface area contributed by atoms with Crippen molar-refractivity contribution in [2.45, 2.75) is 36.9 Å². The topological polar surface area (TPSA) is 79.8 Å². The van der Waals surface area contributed by atoms with E-state index in [9.17, 15) is 22.8 Å². The molecule has 2 amide bonds.